The Morgan fingerprint density at radius 1 is 1.16 bits per heavy atom. The summed E-state index contributed by atoms with van der Waals surface area (Å²) in [6.07, 6.45) is 4.17. The van der Waals surface area contributed by atoms with Crippen molar-refractivity contribution in [1.82, 2.24) is 10.2 Å². The summed E-state index contributed by atoms with van der Waals surface area (Å²) in [4.78, 5) is 27.5. The molecule has 0 heterocycles. The first kappa shape index (κ1) is 24.9. The van der Waals surface area contributed by atoms with Crippen LogP contribution in [0.4, 0.5) is 4.39 Å². The molecule has 4 nitrogen and oxygen atoms in total. The van der Waals surface area contributed by atoms with E-state index in [1.54, 1.807) is 36.1 Å². The van der Waals surface area contributed by atoms with Gasteiger partial charge in [0.15, 0.2) is 0 Å². The van der Waals surface area contributed by atoms with Gasteiger partial charge in [-0.15, -0.1) is 11.8 Å². The first-order valence-electron chi connectivity index (χ1n) is 10.7. The summed E-state index contributed by atoms with van der Waals surface area (Å²) in [5.41, 5.74) is 1.66. The van der Waals surface area contributed by atoms with E-state index in [-0.39, 0.29) is 36.0 Å². The molecule has 1 unspecified atom stereocenters. The molecule has 0 saturated heterocycles. The van der Waals surface area contributed by atoms with Crippen LogP contribution < -0.4 is 5.32 Å². The van der Waals surface area contributed by atoms with Gasteiger partial charge >= 0.3 is 0 Å². The molecule has 32 heavy (non-hydrogen) atoms. The topological polar surface area (TPSA) is 49.4 Å². The van der Waals surface area contributed by atoms with Gasteiger partial charge in [-0.2, -0.15) is 0 Å². The normalized spacial score (nSPS) is 14.9. The molecule has 1 fully saturated rings. The van der Waals surface area contributed by atoms with Gasteiger partial charge in [-0.3, -0.25) is 9.59 Å². The van der Waals surface area contributed by atoms with Gasteiger partial charge < -0.3 is 10.2 Å². The Morgan fingerprint density at radius 3 is 2.50 bits per heavy atom. The van der Waals surface area contributed by atoms with Crippen LogP contribution in [0.15, 0.2) is 42.5 Å². The minimum Gasteiger partial charge on any atom is -0.352 e. The van der Waals surface area contributed by atoms with Crippen molar-refractivity contribution in [3.8, 4) is 0 Å². The quantitative estimate of drug-likeness (QED) is 0.474. The van der Waals surface area contributed by atoms with Crippen LogP contribution in [0.3, 0.4) is 0 Å². The maximum Gasteiger partial charge on any atom is 0.242 e. The summed E-state index contributed by atoms with van der Waals surface area (Å²) < 4.78 is 13.3. The summed E-state index contributed by atoms with van der Waals surface area (Å²) in [5, 5.41) is 4.20. The molecule has 0 spiro atoms. The number of carbonyl (C=O) groups excluding carboxylic acids is 2. The lowest BCUT2D eigenvalue weighted by Gasteiger charge is -2.29. The molecule has 0 aromatic heterocycles. The summed E-state index contributed by atoms with van der Waals surface area (Å²) in [6, 6.07) is 10.8. The van der Waals surface area contributed by atoms with Gasteiger partial charge in [0.2, 0.25) is 11.8 Å². The number of halogens is 3. The molecule has 1 saturated carbocycles. The molecule has 1 aliphatic rings. The minimum atomic E-state index is -0.632. The van der Waals surface area contributed by atoms with Crippen LogP contribution in [0.5, 0.6) is 0 Å². The lowest BCUT2D eigenvalue weighted by atomic mass is 10.1. The smallest absolute Gasteiger partial charge is 0.242 e. The fraction of sp³-hybridized carbons (Fsp3) is 0.417. The van der Waals surface area contributed by atoms with Gasteiger partial charge in [0.1, 0.15) is 11.9 Å². The molecule has 172 valence electrons. The molecule has 2 aromatic carbocycles. The molecule has 0 bridgehead atoms. The predicted molar refractivity (Wildman–Crippen MR) is 129 cm³/mol. The lowest BCUT2D eigenvalue weighted by Crippen LogP contribution is -2.50. The van der Waals surface area contributed by atoms with Crippen LogP contribution in [-0.4, -0.2) is 34.6 Å². The molecular weight excluding hydrogens is 470 g/mol. The first-order valence-corrected chi connectivity index (χ1v) is 12.6. The number of benzene rings is 2. The van der Waals surface area contributed by atoms with Crippen LogP contribution >= 0.6 is 35.0 Å². The third-order valence-corrected chi connectivity index (χ3v) is 7.19. The molecular formula is C24H27Cl2FN2O2S. The number of nitrogens with zero attached hydrogens (tertiary/aromatic N) is 1. The maximum absolute atomic E-state index is 13.3. The number of thioether (sulfide) groups is 1. The van der Waals surface area contributed by atoms with Crippen LogP contribution in [0.1, 0.15) is 43.7 Å². The highest BCUT2D eigenvalue weighted by Gasteiger charge is 2.28. The van der Waals surface area contributed by atoms with Crippen molar-refractivity contribution >= 4 is 46.8 Å². The van der Waals surface area contributed by atoms with Gasteiger partial charge in [0.25, 0.3) is 0 Å². The van der Waals surface area contributed by atoms with Crippen molar-refractivity contribution in [2.75, 3.05) is 5.75 Å². The van der Waals surface area contributed by atoms with Crippen LogP contribution in [-0.2, 0) is 21.9 Å². The van der Waals surface area contributed by atoms with Crippen molar-refractivity contribution in [3.63, 3.8) is 0 Å². The zero-order chi connectivity index (χ0) is 23.1. The predicted octanol–water partition coefficient (Wildman–Crippen LogP) is 5.84. The van der Waals surface area contributed by atoms with Gasteiger partial charge in [-0.1, -0.05) is 54.2 Å². The zero-order valence-corrected chi connectivity index (χ0v) is 20.3. The second-order valence-electron chi connectivity index (χ2n) is 8.04. The highest BCUT2D eigenvalue weighted by atomic mass is 35.5. The Balaban J connectivity index is 1.66. The van der Waals surface area contributed by atoms with E-state index in [0.29, 0.717) is 15.8 Å². The summed E-state index contributed by atoms with van der Waals surface area (Å²) in [7, 11) is 0. The van der Waals surface area contributed by atoms with Crippen LogP contribution in [0.2, 0.25) is 10.0 Å². The number of hydrogen-bond acceptors (Lipinski definition) is 3. The van der Waals surface area contributed by atoms with Crippen LogP contribution in [0, 0.1) is 5.82 Å². The Hall–Kier alpha value is -1.76. The van der Waals surface area contributed by atoms with Crippen molar-refractivity contribution in [2.24, 2.45) is 0 Å². The second kappa shape index (κ2) is 11.9. The third-order valence-electron chi connectivity index (χ3n) is 5.63. The summed E-state index contributed by atoms with van der Waals surface area (Å²) in [6.45, 7) is 1.98. The van der Waals surface area contributed by atoms with Crippen molar-refractivity contribution < 1.29 is 14.0 Å². The molecule has 1 N–H and O–H groups in total. The van der Waals surface area contributed by atoms with Gasteiger partial charge in [0.05, 0.1) is 5.75 Å². The fourth-order valence-electron chi connectivity index (χ4n) is 3.73. The van der Waals surface area contributed by atoms with E-state index in [4.69, 9.17) is 23.2 Å². The Morgan fingerprint density at radius 2 is 1.84 bits per heavy atom. The summed E-state index contributed by atoms with van der Waals surface area (Å²) in [5.74, 6) is 0.0985. The van der Waals surface area contributed by atoms with E-state index >= 15 is 0 Å². The zero-order valence-electron chi connectivity index (χ0n) is 18.0. The molecule has 1 atom stereocenters. The Kier molecular flexibility index (Phi) is 9.26. The van der Waals surface area contributed by atoms with E-state index in [0.717, 1.165) is 36.8 Å². The van der Waals surface area contributed by atoms with Gasteiger partial charge in [0, 0.05) is 28.4 Å². The highest BCUT2D eigenvalue weighted by molar-refractivity contribution is 7.99. The third kappa shape index (κ3) is 7.12. The fourth-order valence-corrected chi connectivity index (χ4v) is 5.20. The standard InChI is InChI=1S/C24H27Cl2FN2O2S/c1-16(24(31)28-21-4-2-3-5-21)29(13-17-6-10-20(27)11-7-17)23(30)15-32-14-18-8-9-19(25)12-22(18)26/h6-12,16,21H,2-5,13-15H2,1H3,(H,28,31). The SMILES string of the molecule is CC(C(=O)NC1CCCC1)N(Cc1ccc(F)cc1)C(=O)CSCc1ccc(Cl)cc1Cl. The number of amides is 2. The van der Waals surface area contributed by atoms with Gasteiger partial charge in [-0.05, 0) is 55.2 Å². The average molecular weight is 497 g/mol. The van der Waals surface area contributed by atoms with Crippen LogP contribution in [0.25, 0.3) is 0 Å². The molecule has 3 rings (SSSR count). The molecule has 0 aliphatic heterocycles. The average Bonchev–Trinajstić information content (AvgIpc) is 3.27. The molecule has 1 aliphatic carbocycles. The van der Waals surface area contributed by atoms with E-state index in [1.165, 1.54) is 23.9 Å². The first-order chi connectivity index (χ1) is 15.3. The van der Waals surface area contributed by atoms with E-state index in [2.05, 4.69) is 5.32 Å². The largest absolute Gasteiger partial charge is 0.352 e. The molecule has 2 amide bonds. The van der Waals surface area contributed by atoms with Crippen molar-refractivity contribution in [3.05, 3.63) is 69.5 Å². The van der Waals surface area contributed by atoms with E-state index < -0.39 is 6.04 Å². The number of hydrogen-bond donors (Lipinski definition) is 1. The monoisotopic (exact) mass is 496 g/mol. The summed E-state index contributed by atoms with van der Waals surface area (Å²) >= 11 is 13.6. The highest BCUT2D eigenvalue weighted by Crippen LogP contribution is 2.25. The second-order valence-corrected chi connectivity index (χ2v) is 9.87. The molecule has 0 radical (unpaired) electrons. The maximum atomic E-state index is 13.3. The number of carbonyl (C=O) groups is 2. The van der Waals surface area contributed by atoms with E-state index in [9.17, 15) is 14.0 Å². The van der Waals surface area contributed by atoms with Crippen molar-refractivity contribution in [2.45, 2.75) is 57.0 Å². The Labute approximate surface area is 202 Å². The number of nitrogens with one attached hydrogen (secondary N) is 1. The van der Waals surface area contributed by atoms with E-state index in [1.807, 2.05) is 6.07 Å². The minimum absolute atomic E-state index is 0.154. The number of rotatable bonds is 9. The van der Waals surface area contributed by atoms with Crippen molar-refractivity contribution in [1.29, 1.82) is 0 Å². The molecule has 2 aromatic rings. The van der Waals surface area contributed by atoms with Gasteiger partial charge in [-0.25, -0.2) is 4.39 Å². The molecule has 8 heteroatoms. The lowest BCUT2D eigenvalue weighted by molar-refractivity contribution is -0.138. The Bertz CT molecular complexity index is 936.